The van der Waals surface area contributed by atoms with Gasteiger partial charge in [0.2, 0.25) is 0 Å². The zero-order valence-electron chi connectivity index (χ0n) is 16.6. The van der Waals surface area contributed by atoms with Crippen molar-refractivity contribution in [2.75, 3.05) is 52.9 Å². The van der Waals surface area contributed by atoms with E-state index >= 15 is 0 Å². The third-order valence-corrected chi connectivity index (χ3v) is 6.06. The van der Waals surface area contributed by atoms with Gasteiger partial charge in [0.1, 0.15) is 5.75 Å². The lowest BCUT2D eigenvalue weighted by atomic mass is 9.81. The van der Waals surface area contributed by atoms with Gasteiger partial charge in [0.05, 0.1) is 20.2 Å². The van der Waals surface area contributed by atoms with E-state index < -0.39 is 5.97 Å². The SMILES string of the molecule is COc1ccc(C(=O)N2CC[C@@H](CC(=O)[O-])[C@@H](CCN3CC[NH2+]CC3)C2)cc1. The molecule has 1 aromatic rings. The second-order valence-corrected chi connectivity index (χ2v) is 7.86. The van der Waals surface area contributed by atoms with Crippen LogP contribution in [0.4, 0.5) is 0 Å². The third kappa shape index (κ3) is 5.45. The molecule has 28 heavy (non-hydrogen) atoms. The van der Waals surface area contributed by atoms with Crippen molar-refractivity contribution >= 4 is 11.9 Å². The molecule has 1 amide bonds. The van der Waals surface area contributed by atoms with Crippen molar-refractivity contribution in [2.24, 2.45) is 11.8 Å². The highest BCUT2D eigenvalue weighted by Gasteiger charge is 2.32. The van der Waals surface area contributed by atoms with E-state index in [-0.39, 0.29) is 24.2 Å². The van der Waals surface area contributed by atoms with Crippen LogP contribution in [0.3, 0.4) is 0 Å². The Bertz CT molecular complexity index is 658. The van der Waals surface area contributed by atoms with Crippen LogP contribution in [-0.2, 0) is 4.79 Å². The number of hydrogen-bond acceptors (Lipinski definition) is 5. The molecule has 2 saturated heterocycles. The van der Waals surface area contributed by atoms with E-state index in [1.54, 1.807) is 31.4 Å². The molecule has 7 nitrogen and oxygen atoms in total. The molecule has 2 aliphatic heterocycles. The molecule has 2 fully saturated rings. The number of aliphatic carboxylic acids is 1. The van der Waals surface area contributed by atoms with Gasteiger partial charge in [0.15, 0.2) is 0 Å². The van der Waals surface area contributed by atoms with Crippen molar-refractivity contribution in [1.29, 1.82) is 0 Å². The molecular weight excluding hydrogens is 358 g/mol. The minimum Gasteiger partial charge on any atom is -0.550 e. The summed E-state index contributed by atoms with van der Waals surface area (Å²) in [5.41, 5.74) is 0.643. The van der Waals surface area contributed by atoms with Crippen molar-refractivity contribution < 1.29 is 24.7 Å². The first-order valence-corrected chi connectivity index (χ1v) is 10.2. The molecule has 0 aliphatic carbocycles. The fraction of sp³-hybridized carbons (Fsp3) is 0.619. The van der Waals surface area contributed by atoms with Crippen molar-refractivity contribution in [2.45, 2.75) is 19.3 Å². The first-order chi connectivity index (χ1) is 13.6. The van der Waals surface area contributed by atoms with Crippen LogP contribution in [0.1, 0.15) is 29.6 Å². The van der Waals surface area contributed by atoms with Gasteiger partial charge in [-0.15, -0.1) is 0 Å². The lowest BCUT2D eigenvalue weighted by Gasteiger charge is -2.40. The molecule has 154 valence electrons. The van der Waals surface area contributed by atoms with Crippen LogP contribution in [-0.4, -0.2) is 74.6 Å². The highest BCUT2D eigenvalue weighted by molar-refractivity contribution is 5.94. The number of quaternary nitrogens is 1. The van der Waals surface area contributed by atoms with Crippen molar-refractivity contribution in [1.82, 2.24) is 9.80 Å². The van der Waals surface area contributed by atoms with Crippen LogP contribution >= 0.6 is 0 Å². The molecule has 0 spiro atoms. The largest absolute Gasteiger partial charge is 0.550 e. The normalized spacial score (nSPS) is 23.4. The molecule has 0 unspecified atom stereocenters. The first-order valence-electron chi connectivity index (χ1n) is 10.2. The van der Waals surface area contributed by atoms with Gasteiger partial charge in [-0.1, -0.05) is 0 Å². The number of hydrogen-bond donors (Lipinski definition) is 1. The molecule has 0 bridgehead atoms. The molecule has 1 aromatic carbocycles. The van der Waals surface area contributed by atoms with Crippen LogP contribution in [0.25, 0.3) is 0 Å². The molecule has 7 heteroatoms. The molecule has 0 radical (unpaired) electrons. The molecule has 0 aromatic heterocycles. The standard InChI is InChI=1S/C21H31N3O4/c1-28-19-4-2-16(3-5-19)21(27)24-11-7-17(14-20(25)26)18(15-24)6-10-23-12-8-22-9-13-23/h2-5,17-18,22H,6-15H2,1H3,(H,25,26)/t17-,18-/m0/s1. The summed E-state index contributed by atoms with van der Waals surface area (Å²) in [5, 5.41) is 13.5. The number of carboxylic acids is 1. The van der Waals surface area contributed by atoms with Gasteiger partial charge in [-0.05, 0) is 61.9 Å². The first kappa shape index (κ1) is 20.6. The van der Waals surface area contributed by atoms with Crippen molar-refractivity contribution in [3.63, 3.8) is 0 Å². The highest BCUT2D eigenvalue weighted by atomic mass is 16.5. The Hall–Kier alpha value is -2.12. The topological polar surface area (TPSA) is 89.5 Å². The minimum atomic E-state index is -0.988. The Morgan fingerprint density at radius 1 is 1.14 bits per heavy atom. The second kappa shape index (κ2) is 9.89. The predicted molar refractivity (Wildman–Crippen MR) is 103 cm³/mol. The summed E-state index contributed by atoms with van der Waals surface area (Å²) >= 11 is 0. The zero-order chi connectivity index (χ0) is 19.9. The number of likely N-dealkylation sites (tertiary alicyclic amines) is 1. The maximum Gasteiger partial charge on any atom is 0.253 e. The molecule has 2 atom stereocenters. The van der Waals surface area contributed by atoms with Crippen LogP contribution < -0.4 is 15.2 Å². The number of piperazine rings is 1. The number of nitrogens with two attached hydrogens (primary N) is 1. The number of carbonyl (C=O) groups is 2. The fourth-order valence-corrected chi connectivity index (χ4v) is 4.37. The van der Waals surface area contributed by atoms with E-state index in [0.29, 0.717) is 25.1 Å². The molecule has 2 N–H and O–H groups in total. The molecule has 0 saturated carbocycles. The third-order valence-electron chi connectivity index (χ3n) is 6.06. The average Bonchev–Trinajstić information content (AvgIpc) is 2.73. The monoisotopic (exact) mass is 389 g/mol. The number of piperidine rings is 1. The van der Waals surface area contributed by atoms with Gasteiger partial charge in [0, 0.05) is 37.7 Å². The Morgan fingerprint density at radius 3 is 2.50 bits per heavy atom. The number of carboxylic acid groups (broad SMARTS) is 1. The number of ether oxygens (including phenoxy) is 1. The van der Waals surface area contributed by atoms with E-state index in [1.165, 1.54) is 0 Å². The number of amides is 1. The van der Waals surface area contributed by atoms with Crippen molar-refractivity contribution in [3.8, 4) is 5.75 Å². The Kier molecular flexibility index (Phi) is 7.28. The van der Waals surface area contributed by atoms with Gasteiger partial charge in [-0.25, -0.2) is 0 Å². The van der Waals surface area contributed by atoms with Gasteiger partial charge >= 0.3 is 0 Å². The summed E-state index contributed by atoms with van der Waals surface area (Å²) in [6, 6.07) is 7.16. The summed E-state index contributed by atoms with van der Waals surface area (Å²) in [6.45, 7) is 6.57. The molecule has 2 aliphatic rings. The maximum atomic E-state index is 12.9. The van der Waals surface area contributed by atoms with E-state index in [2.05, 4.69) is 10.2 Å². The number of nitrogens with zero attached hydrogens (tertiary/aromatic N) is 2. The smallest absolute Gasteiger partial charge is 0.253 e. The average molecular weight is 389 g/mol. The summed E-state index contributed by atoms with van der Waals surface area (Å²) in [6.07, 6.45) is 1.72. The Labute approximate surface area is 166 Å². The maximum absolute atomic E-state index is 12.9. The van der Waals surface area contributed by atoms with Crippen molar-refractivity contribution in [3.05, 3.63) is 29.8 Å². The van der Waals surface area contributed by atoms with Gasteiger partial charge < -0.3 is 24.9 Å². The second-order valence-electron chi connectivity index (χ2n) is 7.86. The summed E-state index contributed by atoms with van der Waals surface area (Å²) in [7, 11) is 1.60. The Balaban J connectivity index is 1.63. The number of carbonyl (C=O) groups excluding carboxylic acids is 2. The van der Waals surface area contributed by atoms with Gasteiger partial charge in [-0.3, -0.25) is 9.69 Å². The van der Waals surface area contributed by atoms with Crippen LogP contribution in [0.2, 0.25) is 0 Å². The fourth-order valence-electron chi connectivity index (χ4n) is 4.37. The summed E-state index contributed by atoms with van der Waals surface area (Å²) in [4.78, 5) is 28.4. The quantitative estimate of drug-likeness (QED) is 0.658. The molecule has 2 heterocycles. The summed E-state index contributed by atoms with van der Waals surface area (Å²) in [5.74, 6) is 0.0199. The minimum absolute atomic E-state index is 0.00660. The highest BCUT2D eigenvalue weighted by Crippen LogP contribution is 2.30. The van der Waals surface area contributed by atoms with E-state index in [1.807, 2.05) is 4.90 Å². The number of rotatable bonds is 7. The van der Waals surface area contributed by atoms with E-state index in [0.717, 1.165) is 44.9 Å². The van der Waals surface area contributed by atoms with Crippen LogP contribution in [0.15, 0.2) is 24.3 Å². The van der Waals surface area contributed by atoms with E-state index in [4.69, 9.17) is 4.74 Å². The predicted octanol–water partition coefficient (Wildman–Crippen LogP) is -0.817. The Morgan fingerprint density at radius 2 is 1.86 bits per heavy atom. The van der Waals surface area contributed by atoms with Gasteiger partial charge in [-0.2, -0.15) is 0 Å². The van der Waals surface area contributed by atoms with E-state index in [9.17, 15) is 14.7 Å². The number of methoxy groups -OCH3 is 1. The number of benzene rings is 1. The van der Waals surface area contributed by atoms with Gasteiger partial charge in [0.25, 0.3) is 5.91 Å². The molecule has 3 rings (SSSR count). The van der Waals surface area contributed by atoms with Crippen LogP contribution in [0, 0.1) is 11.8 Å². The summed E-state index contributed by atoms with van der Waals surface area (Å²) < 4.78 is 5.16. The zero-order valence-corrected chi connectivity index (χ0v) is 16.6. The van der Waals surface area contributed by atoms with Crippen LogP contribution in [0.5, 0.6) is 5.75 Å². The lowest BCUT2D eigenvalue weighted by Crippen LogP contribution is -2.89. The molecular formula is C21H31N3O4. The lowest BCUT2D eigenvalue weighted by molar-refractivity contribution is -0.663.